The van der Waals surface area contributed by atoms with Crippen LogP contribution in [0.3, 0.4) is 0 Å². The van der Waals surface area contributed by atoms with Gasteiger partial charge >= 0.3 is 0 Å². The number of aliphatic hydroxyl groups is 1. The van der Waals surface area contributed by atoms with Crippen molar-refractivity contribution >= 4 is 5.91 Å². The van der Waals surface area contributed by atoms with E-state index < -0.39 is 6.10 Å². The van der Waals surface area contributed by atoms with E-state index in [-0.39, 0.29) is 5.91 Å². The first-order chi connectivity index (χ1) is 7.10. The standard InChI is InChI=1S/C10H23N3O2/c1-3-13(4-2)8-9(14)7-12-6-5-10(11)15/h9,12,14H,3-8H2,1-2H3,(H2,11,15). The predicted molar refractivity (Wildman–Crippen MR) is 60.5 cm³/mol. The highest BCUT2D eigenvalue weighted by Crippen LogP contribution is 1.91. The largest absolute Gasteiger partial charge is 0.390 e. The van der Waals surface area contributed by atoms with E-state index in [1.165, 1.54) is 0 Å². The van der Waals surface area contributed by atoms with Gasteiger partial charge in [-0.1, -0.05) is 13.8 Å². The number of nitrogens with one attached hydrogen (secondary N) is 1. The molecule has 4 N–H and O–H groups in total. The summed E-state index contributed by atoms with van der Waals surface area (Å²) in [4.78, 5) is 12.6. The molecule has 0 aliphatic carbocycles. The van der Waals surface area contributed by atoms with Gasteiger partial charge in [0, 0.05) is 26.1 Å². The van der Waals surface area contributed by atoms with Gasteiger partial charge in [0.25, 0.3) is 0 Å². The first-order valence-corrected chi connectivity index (χ1v) is 5.49. The van der Waals surface area contributed by atoms with Gasteiger partial charge in [0.15, 0.2) is 0 Å². The SMILES string of the molecule is CCN(CC)CC(O)CNCCC(N)=O. The third-order valence-electron chi connectivity index (χ3n) is 2.29. The summed E-state index contributed by atoms with van der Waals surface area (Å²) in [5, 5.41) is 12.6. The topological polar surface area (TPSA) is 78.6 Å². The molecule has 0 fully saturated rings. The minimum Gasteiger partial charge on any atom is -0.390 e. The maximum Gasteiger partial charge on any atom is 0.218 e. The molecular weight excluding hydrogens is 194 g/mol. The minimum absolute atomic E-state index is 0.317. The number of aliphatic hydroxyl groups excluding tert-OH is 1. The maximum atomic E-state index is 10.4. The Kier molecular flexibility index (Phi) is 8.27. The average molecular weight is 217 g/mol. The van der Waals surface area contributed by atoms with Crippen molar-refractivity contribution in [3.05, 3.63) is 0 Å². The van der Waals surface area contributed by atoms with Crippen LogP contribution in [0, 0.1) is 0 Å². The zero-order valence-electron chi connectivity index (χ0n) is 9.70. The van der Waals surface area contributed by atoms with Gasteiger partial charge in [-0.25, -0.2) is 0 Å². The van der Waals surface area contributed by atoms with Crippen LogP contribution in [0.1, 0.15) is 20.3 Å². The van der Waals surface area contributed by atoms with Crippen molar-refractivity contribution in [1.29, 1.82) is 0 Å². The molecule has 15 heavy (non-hydrogen) atoms. The van der Waals surface area contributed by atoms with Crippen LogP contribution in [0.15, 0.2) is 0 Å². The molecule has 0 heterocycles. The summed E-state index contributed by atoms with van der Waals surface area (Å²) in [6.07, 6.45) is -0.0735. The second kappa shape index (κ2) is 8.64. The summed E-state index contributed by atoms with van der Waals surface area (Å²) in [6, 6.07) is 0. The van der Waals surface area contributed by atoms with E-state index in [0.717, 1.165) is 13.1 Å². The van der Waals surface area contributed by atoms with Gasteiger partial charge in [-0.2, -0.15) is 0 Å². The van der Waals surface area contributed by atoms with Crippen molar-refractivity contribution in [2.45, 2.75) is 26.4 Å². The summed E-state index contributed by atoms with van der Waals surface area (Å²) in [5.41, 5.74) is 4.98. The first-order valence-electron chi connectivity index (χ1n) is 5.49. The molecule has 0 aliphatic rings. The first kappa shape index (κ1) is 14.3. The second-order valence-electron chi connectivity index (χ2n) is 3.56. The second-order valence-corrected chi connectivity index (χ2v) is 3.56. The summed E-state index contributed by atoms with van der Waals surface area (Å²) >= 11 is 0. The highest BCUT2D eigenvalue weighted by molar-refractivity contribution is 5.73. The highest BCUT2D eigenvalue weighted by atomic mass is 16.3. The Labute approximate surface area is 91.6 Å². The van der Waals surface area contributed by atoms with Crippen LogP contribution < -0.4 is 11.1 Å². The Morgan fingerprint density at radius 1 is 1.47 bits per heavy atom. The molecule has 0 aromatic rings. The van der Waals surface area contributed by atoms with Gasteiger partial charge < -0.3 is 21.1 Å². The van der Waals surface area contributed by atoms with Crippen molar-refractivity contribution in [2.24, 2.45) is 5.73 Å². The van der Waals surface area contributed by atoms with Crippen LogP contribution >= 0.6 is 0 Å². The number of primary amides is 1. The van der Waals surface area contributed by atoms with E-state index in [4.69, 9.17) is 5.73 Å². The molecule has 0 aromatic carbocycles. The molecule has 1 amide bonds. The molecule has 0 saturated heterocycles. The third kappa shape index (κ3) is 8.35. The van der Waals surface area contributed by atoms with E-state index in [1.54, 1.807) is 0 Å². The highest BCUT2D eigenvalue weighted by Gasteiger charge is 2.08. The van der Waals surface area contributed by atoms with Gasteiger partial charge in [0.05, 0.1) is 6.10 Å². The number of nitrogens with two attached hydrogens (primary N) is 1. The van der Waals surface area contributed by atoms with E-state index in [2.05, 4.69) is 24.1 Å². The van der Waals surface area contributed by atoms with Gasteiger partial charge in [-0.05, 0) is 13.1 Å². The number of carbonyl (C=O) groups excluding carboxylic acids is 1. The van der Waals surface area contributed by atoms with Crippen molar-refractivity contribution in [3.63, 3.8) is 0 Å². The van der Waals surface area contributed by atoms with Crippen LogP contribution in [0.5, 0.6) is 0 Å². The van der Waals surface area contributed by atoms with Crippen LogP contribution in [0.2, 0.25) is 0 Å². The van der Waals surface area contributed by atoms with Gasteiger partial charge in [0.1, 0.15) is 0 Å². The fraction of sp³-hybridized carbons (Fsp3) is 0.900. The molecule has 0 aromatic heterocycles. The number of nitrogens with zero attached hydrogens (tertiary/aromatic N) is 1. The summed E-state index contributed by atoms with van der Waals surface area (Å²) in [6.45, 7) is 7.71. The average Bonchev–Trinajstić information content (AvgIpc) is 2.20. The molecule has 0 rings (SSSR count). The number of likely N-dealkylation sites (N-methyl/N-ethyl adjacent to an activating group) is 1. The fourth-order valence-electron chi connectivity index (χ4n) is 1.32. The molecule has 0 radical (unpaired) electrons. The Hall–Kier alpha value is -0.650. The zero-order chi connectivity index (χ0) is 11.7. The fourth-order valence-corrected chi connectivity index (χ4v) is 1.32. The quantitative estimate of drug-likeness (QED) is 0.440. The monoisotopic (exact) mass is 217 g/mol. The van der Waals surface area contributed by atoms with Crippen molar-refractivity contribution in [3.8, 4) is 0 Å². The Morgan fingerprint density at radius 2 is 2.07 bits per heavy atom. The van der Waals surface area contributed by atoms with E-state index in [1.807, 2.05) is 0 Å². The third-order valence-corrected chi connectivity index (χ3v) is 2.29. The van der Waals surface area contributed by atoms with Crippen molar-refractivity contribution < 1.29 is 9.90 Å². The summed E-state index contributed by atoms with van der Waals surface area (Å²) in [5.74, 6) is -0.319. The van der Waals surface area contributed by atoms with Gasteiger partial charge in [-0.15, -0.1) is 0 Å². The van der Waals surface area contributed by atoms with Crippen LogP contribution in [-0.4, -0.2) is 54.7 Å². The molecular formula is C10H23N3O2. The van der Waals surface area contributed by atoms with Crippen LogP contribution in [0.4, 0.5) is 0 Å². The molecule has 90 valence electrons. The molecule has 0 bridgehead atoms. The van der Waals surface area contributed by atoms with Gasteiger partial charge in [0.2, 0.25) is 5.91 Å². The number of carbonyl (C=O) groups is 1. The van der Waals surface area contributed by atoms with Crippen LogP contribution in [0.25, 0.3) is 0 Å². The molecule has 5 heteroatoms. The Bertz CT molecular complexity index is 172. The predicted octanol–water partition coefficient (Wildman–Crippen LogP) is -0.846. The van der Waals surface area contributed by atoms with Crippen molar-refractivity contribution in [2.75, 3.05) is 32.7 Å². The lowest BCUT2D eigenvalue weighted by atomic mass is 10.3. The lowest BCUT2D eigenvalue weighted by Crippen LogP contribution is -2.38. The normalized spacial score (nSPS) is 13.1. The van der Waals surface area contributed by atoms with Crippen molar-refractivity contribution in [1.82, 2.24) is 10.2 Å². The maximum absolute atomic E-state index is 10.4. The van der Waals surface area contributed by atoms with E-state index in [9.17, 15) is 9.90 Å². The molecule has 1 unspecified atom stereocenters. The van der Waals surface area contributed by atoms with E-state index in [0.29, 0.717) is 26.1 Å². The van der Waals surface area contributed by atoms with Gasteiger partial charge in [-0.3, -0.25) is 4.79 Å². The van der Waals surface area contributed by atoms with Crippen LogP contribution in [-0.2, 0) is 4.79 Å². The number of hydrogen-bond acceptors (Lipinski definition) is 4. The molecule has 0 aliphatic heterocycles. The molecule has 0 saturated carbocycles. The smallest absolute Gasteiger partial charge is 0.218 e. The molecule has 0 spiro atoms. The lowest BCUT2D eigenvalue weighted by Gasteiger charge is -2.21. The summed E-state index contributed by atoms with van der Waals surface area (Å²) in [7, 11) is 0. The molecule has 1 atom stereocenters. The summed E-state index contributed by atoms with van der Waals surface area (Å²) < 4.78 is 0. The minimum atomic E-state index is -0.391. The number of hydrogen-bond donors (Lipinski definition) is 3. The number of amides is 1. The Morgan fingerprint density at radius 3 is 2.53 bits per heavy atom. The Balaban J connectivity index is 3.47. The zero-order valence-corrected chi connectivity index (χ0v) is 9.70. The van der Waals surface area contributed by atoms with E-state index >= 15 is 0 Å². The lowest BCUT2D eigenvalue weighted by molar-refractivity contribution is -0.117. The molecule has 5 nitrogen and oxygen atoms in total. The number of rotatable bonds is 9.